The monoisotopic (exact) mass is 504 g/mol. The van der Waals surface area contributed by atoms with Crippen LogP contribution in [0.3, 0.4) is 0 Å². The Morgan fingerprint density at radius 2 is 1.67 bits per heavy atom. The number of hydrogen-bond acceptors (Lipinski definition) is 5. The van der Waals surface area contributed by atoms with Gasteiger partial charge < -0.3 is 25.5 Å². The number of carbonyl (C=O) groups is 1. The number of rotatable bonds is 2. The first kappa shape index (κ1) is 26.6. The molecule has 0 aromatic heterocycles. The van der Waals surface area contributed by atoms with Crippen LogP contribution in [0, 0.1) is 56.7 Å². The van der Waals surface area contributed by atoms with E-state index in [2.05, 4.69) is 40.7 Å². The van der Waals surface area contributed by atoms with Gasteiger partial charge in [0.2, 0.25) is 0 Å². The first-order valence-electron chi connectivity index (χ1n) is 14.2. The van der Waals surface area contributed by atoms with Crippen molar-refractivity contribution in [2.75, 3.05) is 6.61 Å². The molecule has 5 aliphatic carbocycles. The SMILES string of the molecule is C[C@H]1[C@H](C)CC[C@]2(C(=O)O)CC[C@]3(C)C(=CC[C@@H]4[C@]5(C)C[C@@H](O)[C@H](O)[C@](C)(CO)[C@H]5[C@@H](O)C[C@]43C)[C@H]12. The predicted octanol–water partition coefficient (Wildman–Crippen LogP) is 4.00. The second-order valence-corrected chi connectivity index (χ2v) is 14.6. The second-order valence-electron chi connectivity index (χ2n) is 14.6. The molecular formula is C30H48O6. The van der Waals surface area contributed by atoms with Crippen LogP contribution in [0.4, 0.5) is 0 Å². The summed E-state index contributed by atoms with van der Waals surface area (Å²) in [6.45, 7) is 12.8. The zero-order valence-electron chi connectivity index (χ0n) is 23.0. The molecule has 0 heterocycles. The van der Waals surface area contributed by atoms with Crippen LogP contribution in [0.2, 0.25) is 0 Å². The van der Waals surface area contributed by atoms with E-state index in [-0.39, 0.29) is 41.1 Å². The van der Waals surface area contributed by atoms with Crippen molar-refractivity contribution in [2.24, 2.45) is 56.7 Å². The molecule has 0 bridgehead atoms. The fourth-order valence-electron chi connectivity index (χ4n) is 11.2. The van der Waals surface area contributed by atoms with Gasteiger partial charge in [0.1, 0.15) is 0 Å². The van der Waals surface area contributed by atoms with Crippen LogP contribution < -0.4 is 0 Å². The zero-order chi connectivity index (χ0) is 26.6. The van der Waals surface area contributed by atoms with E-state index in [1.807, 2.05) is 6.92 Å². The molecule has 0 aliphatic heterocycles. The van der Waals surface area contributed by atoms with Crippen molar-refractivity contribution in [3.05, 3.63) is 11.6 Å². The summed E-state index contributed by atoms with van der Waals surface area (Å²) in [7, 11) is 0. The Hall–Kier alpha value is -0.950. The van der Waals surface area contributed by atoms with E-state index in [9.17, 15) is 30.3 Å². The summed E-state index contributed by atoms with van der Waals surface area (Å²) in [5.74, 6) is -0.0914. The molecule has 204 valence electrons. The van der Waals surface area contributed by atoms with Crippen LogP contribution in [-0.2, 0) is 4.79 Å². The number of aliphatic hydroxyl groups is 4. The van der Waals surface area contributed by atoms with Gasteiger partial charge >= 0.3 is 5.97 Å². The Balaban J connectivity index is 1.65. The number of aliphatic hydroxyl groups excluding tert-OH is 4. The molecule has 4 saturated carbocycles. The van der Waals surface area contributed by atoms with Gasteiger partial charge in [0.25, 0.3) is 0 Å². The predicted molar refractivity (Wildman–Crippen MR) is 137 cm³/mol. The molecule has 5 aliphatic rings. The Kier molecular flexibility index (Phi) is 5.95. The molecule has 0 spiro atoms. The fraction of sp³-hybridized carbons (Fsp3) is 0.900. The number of carboxylic acid groups (broad SMARTS) is 1. The van der Waals surface area contributed by atoms with Gasteiger partial charge in [-0.2, -0.15) is 0 Å². The van der Waals surface area contributed by atoms with E-state index < -0.39 is 40.5 Å². The van der Waals surface area contributed by atoms with E-state index in [1.54, 1.807) is 0 Å². The Bertz CT molecular complexity index is 963. The van der Waals surface area contributed by atoms with Crippen LogP contribution in [-0.4, -0.2) is 56.4 Å². The molecule has 36 heavy (non-hydrogen) atoms. The van der Waals surface area contributed by atoms with Crippen LogP contribution in [0.15, 0.2) is 11.6 Å². The summed E-state index contributed by atoms with van der Waals surface area (Å²) >= 11 is 0. The van der Waals surface area contributed by atoms with Gasteiger partial charge in [0.15, 0.2) is 0 Å². The fourth-order valence-corrected chi connectivity index (χ4v) is 11.2. The lowest BCUT2D eigenvalue weighted by atomic mass is 9.32. The Labute approximate surface area is 216 Å². The minimum Gasteiger partial charge on any atom is -0.481 e. The van der Waals surface area contributed by atoms with Crippen LogP contribution in [0.25, 0.3) is 0 Å². The molecule has 5 N–H and O–H groups in total. The third kappa shape index (κ3) is 2.96. The van der Waals surface area contributed by atoms with Gasteiger partial charge in [0, 0.05) is 11.3 Å². The molecule has 6 nitrogen and oxygen atoms in total. The van der Waals surface area contributed by atoms with Crippen molar-refractivity contribution < 1.29 is 30.3 Å². The highest BCUT2D eigenvalue weighted by Crippen LogP contribution is 2.75. The summed E-state index contributed by atoms with van der Waals surface area (Å²) in [6.07, 6.45) is 4.44. The maximum Gasteiger partial charge on any atom is 0.310 e. The molecule has 5 rings (SSSR count). The van der Waals surface area contributed by atoms with Crippen molar-refractivity contribution in [3.63, 3.8) is 0 Å². The normalized spacial score (nSPS) is 58.6. The van der Waals surface area contributed by atoms with Crippen molar-refractivity contribution in [1.29, 1.82) is 0 Å². The molecule has 0 unspecified atom stereocenters. The minimum atomic E-state index is -1.08. The summed E-state index contributed by atoms with van der Waals surface area (Å²) in [5.41, 5.74) is -1.41. The van der Waals surface area contributed by atoms with Gasteiger partial charge in [-0.05, 0) is 84.9 Å². The number of hydrogen-bond donors (Lipinski definition) is 5. The van der Waals surface area contributed by atoms with E-state index in [1.165, 1.54) is 5.57 Å². The van der Waals surface area contributed by atoms with E-state index in [4.69, 9.17) is 0 Å². The zero-order valence-corrected chi connectivity index (χ0v) is 23.0. The number of fused-ring (bicyclic) bond motifs is 7. The highest BCUT2D eigenvalue weighted by molar-refractivity contribution is 5.76. The topological polar surface area (TPSA) is 118 Å². The van der Waals surface area contributed by atoms with Crippen LogP contribution >= 0.6 is 0 Å². The molecule has 0 saturated heterocycles. The molecule has 6 heteroatoms. The van der Waals surface area contributed by atoms with Crippen molar-refractivity contribution in [3.8, 4) is 0 Å². The maximum atomic E-state index is 12.8. The first-order chi connectivity index (χ1) is 16.6. The summed E-state index contributed by atoms with van der Waals surface area (Å²) in [5, 5.41) is 54.7. The smallest absolute Gasteiger partial charge is 0.310 e. The molecular weight excluding hydrogens is 456 g/mol. The minimum absolute atomic E-state index is 0.000534. The molecule has 0 radical (unpaired) electrons. The lowest BCUT2D eigenvalue weighted by Gasteiger charge is -2.72. The van der Waals surface area contributed by atoms with Gasteiger partial charge in [-0.15, -0.1) is 0 Å². The third-order valence-electron chi connectivity index (χ3n) is 13.4. The molecule has 0 aromatic carbocycles. The van der Waals surface area contributed by atoms with Gasteiger partial charge in [-0.1, -0.05) is 53.2 Å². The molecule has 0 amide bonds. The average Bonchev–Trinajstić information content (AvgIpc) is 2.80. The summed E-state index contributed by atoms with van der Waals surface area (Å²) in [4.78, 5) is 12.8. The standard InChI is InChI=1S/C30H48O6/c1-16-9-10-30(25(35)36)12-11-28(5)18(22(30)17(16)2)7-8-21-26(3)13-20(33)24(34)27(4,15-31)23(26)19(32)14-29(21,28)6/h7,16-17,19-24,31-34H,8-15H2,1-6H3,(H,35,36)/t16-,17+,19+,20-,21-,22+,23+,24+,26+,27-,28-,29-,30+/m1/s1. The Morgan fingerprint density at radius 3 is 2.28 bits per heavy atom. The van der Waals surface area contributed by atoms with Crippen molar-refractivity contribution in [1.82, 2.24) is 0 Å². The van der Waals surface area contributed by atoms with E-state index in [0.717, 1.165) is 25.7 Å². The molecule has 13 atom stereocenters. The van der Waals surface area contributed by atoms with Crippen LogP contribution in [0.1, 0.15) is 86.5 Å². The molecule has 4 fully saturated rings. The number of allylic oxidation sites excluding steroid dienone is 2. The third-order valence-corrected chi connectivity index (χ3v) is 13.4. The quantitative estimate of drug-likeness (QED) is 0.363. The van der Waals surface area contributed by atoms with Crippen molar-refractivity contribution in [2.45, 2.75) is 105 Å². The van der Waals surface area contributed by atoms with Crippen molar-refractivity contribution >= 4 is 5.97 Å². The highest BCUT2D eigenvalue weighted by atomic mass is 16.4. The van der Waals surface area contributed by atoms with Gasteiger partial charge in [0.05, 0.1) is 30.3 Å². The van der Waals surface area contributed by atoms with Gasteiger partial charge in [-0.25, -0.2) is 0 Å². The van der Waals surface area contributed by atoms with E-state index >= 15 is 0 Å². The van der Waals surface area contributed by atoms with Gasteiger partial charge in [-0.3, -0.25) is 4.79 Å². The van der Waals surface area contributed by atoms with Crippen LogP contribution in [0.5, 0.6) is 0 Å². The van der Waals surface area contributed by atoms with E-state index in [0.29, 0.717) is 25.2 Å². The number of aliphatic carboxylic acids is 1. The lowest BCUT2D eigenvalue weighted by Crippen LogP contribution is -2.71. The molecule has 0 aromatic rings. The maximum absolute atomic E-state index is 12.8. The summed E-state index contributed by atoms with van der Waals surface area (Å²) < 4.78 is 0. The highest BCUT2D eigenvalue weighted by Gasteiger charge is 2.72. The Morgan fingerprint density at radius 1 is 1.00 bits per heavy atom. The lowest BCUT2D eigenvalue weighted by molar-refractivity contribution is -0.273. The average molecular weight is 505 g/mol. The summed E-state index contributed by atoms with van der Waals surface area (Å²) in [6, 6.07) is 0. The second kappa shape index (κ2) is 8.03. The largest absolute Gasteiger partial charge is 0.481 e. The number of carboxylic acids is 1. The first-order valence-corrected chi connectivity index (χ1v) is 14.2.